The molecule has 0 aliphatic rings. The highest BCUT2D eigenvalue weighted by molar-refractivity contribution is 8.03. The Bertz CT molecular complexity index is 276. The van der Waals surface area contributed by atoms with E-state index in [1.54, 1.807) is 0 Å². The maximum Gasteiger partial charge on any atom is 0.0265 e. The molecule has 1 unspecified atom stereocenters. The Labute approximate surface area is 113 Å². The second kappa shape index (κ2) is 6.71. The lowest BCUT2D eigenvalue weighted by atomic mass is 9.60. The highest BCUT2D eigenvalue weighted by atomic mass is 32.2. The summed E-state index contributed by atoms with van der Waals surface area (Å²) in [4.78, 5) is 1.33. The minimum Gasteiger partial charge on any atom is -0.122 e. The summed E-state index contributed by atoms with van der Waals surface area (Å²) in [5.41, 5.74) is 3.75. The van der Waals surface area contributed by atoms with Gasteiger partial charge in [0.05, 0.1) is 0 Å². The molecule has 0 radical (unpaired) electrons. The van der Waals surface area contributed by atoms with Gasteiger partial charge in [-0.2, -0.15) is 0 Å². The van der Waals surface area contributed by atoms with Gasteiger partial charge in [-0.15, -0.1) is 17.5 Å². The van der Waals surface area contributed by atoms with E-state index in [4.69, 9.17) is 0 Å². The maximum absolute atomic E-state index is 3.86. The van der Waals surface area contributed by atoms with Gasteiger partial charge < -0.3 is 0 Å². The van der Waals surface area contributed by atoms with Gasteiger partial charge in [0.2, 0.25) is 0 Å². The van der Waals surface area contributed by atoms with Gasteiger partial charge in [-0.1, -0.05) is 55.0 Å². The van der Waals surface area contributed by atoms with Crippen LogP contribution in [0.25, 0.3) is 0 Å². The molecule has 0 aliphatic heterocycles. The lowest BCUT2D eigenvalue weighted by molar-refractivity contribution is 0.0539. The number of allylic oxidation sites excluding steroid dienone is 1. The summed E-state index contributed by atoms with van der Waals surface area (Å²) in [6, 6.07) is 0. The van der Waals surface area contributed by atoms with E-state index in [0.717, 1.165) is 6.42 Å². The zero-order chi connectivity index (χ0) is 13.7. The number of rotatable bonds is 6. The zero-order valence-corrected chi connectivity index (χ0v) is 13.6. The van der Waals surface area contributed by atoms with Gasteiger partial charge in [-0.3, -0.25) is 0 Å². The molecule has 0 spiro atoms. The first-order valence-electron chi connectivity index (χ1n) is 6.70. The molecule has 0 saturated heterocycles. The lowest BCUT2D eigenvalue weighted by Gasteiger charge is -2.46. The van der Waals surface area contributed by atoms with Crippen molar-refractivity contribution in [2.75, 3.05) is 5.75 Å². The average Bonchev–Trinajstić information content (AvgIpc) is 2.21. The quantitative estimate of drug-likeness (QED) is 0.532. The number of hydrogen-bond donors (Lipinski definition) is 0. The van der Waals surface area contributed by atoms with Gasteiger partial charge in [0.15, 0.2) is 0 Å². The molecule has 0 aromatic carbocycles. The Kier molecular flexibility index (Phi) is 6.66. The molecule has 0 rings (SSSR count). The van der Waals surface area contributed by atoms with E-state index < -0.39 is 0 Å². The zero-order valence-electron chi connectivity index (χ0n) is 12.8. The first-order chi connectivity index (χ1) is 7.69. The largest absolute Gasteiger partial charge is 0.122 e. The number of thioether (sulfide) groups is 1. The fraction of sp³-hybridized carbons (Fsp3) is 0.812. The van der Waals surface area contributed by atoms with Crippen LogP contribution in [0.2, 0.25) is 0 Å². The maximum atomic E-state index is 3.86. The smallest absolute Gasteiger partial charge is 0.0265 e. The van der Waals surface area contributed by atoms with Crippen molar-refractivity contribution in [3.63, 3.8) is 0 Å². The van der Waals surface area contributed by atoms with Crippen LogP contribution in [-0.2, 0) is 0 Å². The molecule has 100 valence electrons. The molecule has 0 aromatic rings. The van der Waals surface area contributed by atoms with Gasteiger partial charge in [0, 0.05) is 4.91 Å². The van der Waals surface area contributed by atoms with Crippen LogP contribution in [0.4, 0.5) is 0 Å². The highest BCUT2D eigenvalue weighted by Crippen LogP contribution is 2.50. The molecule has 0 N–H and O–H groups in total. The van der Waals surface area contributed by atoms with Gasteiger partial charge in [-0.25, -0.2) is 0 Å². The Morgan fingerprint density at radius 2 is 1.76 bits per heavy atom. The van der Waals surface area contributed by atoms with Crippen LogP contribution in [0.15, 0.2) is 17.2 Å². The first kappa shape index (κ1) is 16.9. The SMILES string of the molecule is C=C=C(CC(C)(C(C)C)C(C)(C)C)SCCC. The monoisotopic (exact) mass is 254 g/mol. The first-order valence-corrected chi connectivity index (χ1v) is 7.69. The molecule has 0 fully saturated rings. The van der Waals surface area contributed by atoms with Crippen LogP contribution in [0, 0.1) is 16.7 Å². The average molecular weight is 254 g/mol. The topological polar surface area (TPSA) is 0 Å². The van der Waals surface area contributed by atoms with Gasteiger partial charge in [0.1, 0.15) is 0 Å². The molecule has 0 heterocycles. The standard InChI is InChI=1S/C16H30S/c1-9-11-17-14(10-2)12-16(8,13(3)4)15(5,6)7/h13H,2,9,11-12H2,1,3-8H3. The van der Waals surface area contributed by atoms with E-state index >= 15 is 0 Å². The lowest BCUT2D eigenvalue weighted by Crippen LogP contribution is -2.37. The molecule has 0 amide bonds. The molecule has 0 aromatic heterocycles. The predicted octanol–water partition coefficient (Wildman–Crippen LogP) is 5.90. The van der Waals surface area contributed by atoms with Crippen LogP contribution in [0.5, 0.6) is 0 Å². The van der Waals surface area contributed by atoms with E-state index in [9.17, 15) is 0 Å². The van der Waals surface area contributed by atoms with Crippen molar-refractivity contribution in [1.82, 2.24) is 0 Å². The van der Waals surface area contributed by atoms with Gasteiger partial charge >= 0.3 is 0 Å². The van der Waals surface area contributed by atoms with Crippen molar-refractivity contribution in [3.05, 3.63) is 17.2 Å². The summed E-state index contributed by atoms with van der Waals surface area (Å²) >= 11 is 1.92. The second-order valence-electron chi connectivity index (χ2n) is 6.45. The minimum absolute atomic E-state index is 0.299. The normalized spacial score (nSPS) is 15.5. The fourth-order valence-corrected chi connectivity index (χ4v) is 3.01. The van der Waals surface area contributed by atoms with Crippen molar-refractivity contribution in [2.45, 2.75) is 61.3 Å². The minimum atomic E-state index is 0.299. The van der Waals surface area contributed by atoms with Gasteiger partial charge in [0.25, 0.3) is 0 Å². The van der Waals surface area contributed by atoms with Crippen LogP contribution in [0.1, 0.15) is 61.3 Å². The summed E-state index contributed by atoms with van der Waals surface area (Å²) in [6.45, 7) is 20.2. The number of hydrogen-bond acceptors (Lipinski definition) is 1. The van der Waals surface area contributed by atoms with Crippen molar-refractivity contribution >= 4 is 11.8 Å². The molecule has 0 saturated carbocycles. The Morgan fingerprint density at radius 1 is 1.24 bits per heavy atom. The molecule has 0 aliphatic carbocycles. The molecular weight excluding hydrogens is 224 g/mol. The van der Waals surface area contributed by atoms with Gasteiger partial charge in [-0.05, 0) is 35.3 Å². The Balaban J connectivity index is 4.95. The molecule has 1 atom stereocenters. The Hall–Kier alpha value is -0.130. The highest BCUT2D eigenvalue weighted by Gasteiger charge is 2.40. The van der Waals surface area contributed by atoms with E-state index in [1.807, 2.05) is 11.8 Å². The molecule has 1 heteroatoms. The molecular formula is C16H30S. The van der Waals surface area contributed by atoms with Crippen molar-refractivity contribution < 1.29 is 0 Å². The van der Waals surface area contributed by atoms with Crippen LogP contribution >= 0.6 is 11.8 Å². The van der Waals surface area contributed by atoms with Crippen molar-refractivity contribution in [3.8, 4) is 0 Å². The summed E-state index contributed by atoms with van der Waals surface area (Å²) < 4.78 is 0. The fourth-order valence-electron chi connectivity index (χ4n) is 2.06. The molecule has 0 bridgehead atoms. The van der Waals surface area contributed by atoms with E-state index in [0.29, 0.717) is 16.7 Å². The van der Waals surface area contributed by atoms with Crippen molar-refractivity contribution in [2.24, 2.45) is 16.7 Å². The third-order valence-electron chi connectivity index (χ3n) is 4.19. The van der Waals surface area contributed by atoms with E-state index in [-0.39, 0.29) is 0 Å². The summed E-state index contributed by atoms with van der Waals surface area (Å²) in [5, 5.41) is 0. The predicted molar refractivity (Wildman–Crippen MR) is 82.4 cm³/mol. The second-order valence-corrected chi connectivity index (χ2v) is 7.64. The van der Waals surface area contributed by atoms with Crippen molar-refractivity contribution in [1.29, 1.82) is 0 Å². The summed E-state index contributed by atoms with van der Waals surface area (Å²) in [5.74, 6) is 1.84. The van der Waals surface area contributed by atoms with Crippen LogP contribution in [0.3, 0.4) is 0 Å². The molecule has 0 nitrogen and oxygen atoms in total. The third kappa shape index (κ3) is 4.56. The summed E-state index contributed by atoms with van der Waals surface area (Å²) in [6.07, 6.45) is 2.31. The van der Waals surface area contributed by atoms with E-state index in [1.165, 1.54) is 17.1 Å². The summed E-state index contributed by atoms with van der Waals surface area (Å²) in [7, 11) is 0. The van der Waals surface area contributed by atoms with E-state index in [2.05, 4.69) is 60.8 Å². The third-order valence-corrected chi connectivity index (χ3v) is 5.44. The molecule has 17 heavy (non-hydrogen) atoms. The Morgan fingerprint density at radius 3 is 2.06 bits per heavy atom. The van der Waals surface area contributed by atoms with Crippen LogP contribution in [-0.4, -0.2) is 5.75 Å². The van der Waals surface area contributed by atoms with Crippen LogP contribution < -0.4 is 0 Å².